The van der Waals surface area contributed by atoms with Crippen LogP contribution in [0.2, 0.25) is 0 Å². The molecule has 9 nitrogen and oxygen atoms in total. The van der Waals surface area contributed by atoms with Crippen molar-refractivity contribution in [2.45, 2.75) is 55.0 Å². The Morgan fingerprint density at radius 1 is 1.22 bits per heavy atom. The lowest BCUT2D eigenvalue weighted by Gasteiger charge is -2.27. The molecule has 0 saturated carbocycles. The minimum atomic E-state index is -1.15. The van der Waals surface area contributed by atoms with E-state index in [0.717, 1.165) is 0 Å². The van der Waals surface area contributed by atoms with E-state index in [2.05, 4.69) is 10.6 Å². The van der Waals surface area contributed by atoms with Crippen LogP contribution in [0.25, 0.3) is 0 Å². The number of nitrogens with zero attached hydrogens (tertiary/aromatic N) is 1. The fraction of sp³-hybridized carbons (Fsp3) is 0.824. The van der Waals surface area contributed by atoms with Crippen LogP contribution in [-0.4, -0.2) is 93.4 Å². The normalized spacial score (nSPS) is 35.6. The maximum atomic E-state index is 12.1. The van der Waals surface area contributed by atoms with Gasteiger partial charge in [-0.05, 0) is 19.3 Å². The van der Waals surface area contributed by atoms with Crippen LogP contribution >= 0.6 is 11.8 Å². The number of carboxylic acids is 2. The first kappa shape index (κ1) is 21.9. The zero-order valence-corrected chi connectivity index (χ0v) is 16.8. The first-order valence-electron chi connectivity index (χ1n) is 9.04. The van der Waals surface area contributed by atoms with E-state index in [1.54, 1.807) is 14.1 Å². The number of hydrogen-bond donors (Lipinski definition) is 5. The highest BCUT2D eigenvalue weighted by atomic mass is 32.2. The molecule has 1 amide bonds. The first-order chi connectivity index (χ1) is 12.5. The topological polar surface area (TPSA) is 139 Å². The van der Waals surface area contributed by atoms with Crippen molar-refractivity contribution in [1.29, 1.82) is 0 Å². The number of nitrogens with one attached hydrogen (secondary N) is 2. The Bertz CT molecular complexity index is 587. The van der Waals surface area contributed by atoms with Crippen LogP contribution in [-0.2, 0) is 14.4 Å². The number of aliphatic carboxylic acids is 2. The Kier molecular flexibility index (Phi) is 7.12. The molecular weight excluding hydrogens is 374 g/mol. The highest BCUT2D eigenvalue weighted by molar-refractivity contribution is 8.00. The summed E-state index contributed by atoms with van der Waals surface area (Å²) in [5, 5.41) is 34.7. The van der Waals surface area contributed by atoms with Crippen molar-refractivity contribution in [1.82, 2.24) is 15.5 Å². The molecule has 154 valence electrons. The zero-order valence-electron chi connectivity index (χ0n) is 16.0. The summed E-state index contributed by atoms with van der Waals surface area (Å²) in [6.45, 7) is 3.82. The molecule has 0 bridgehead atoms. The van der Waals surface area contributed by atoms with Crippen LogP contribution in [0.1, 0.15) is 20.3 Å². The number of hydrogen-bond acceptors (Lipinski definition) is 7. The molecule has 10 heteroatoms. The van der Waals surface area contributed by atoms with Crippen molar-refractivity contribution in [3.8, 4) is 0 Å². The Morgan fingerprint density at radius 2 is 1.85 bits per heavy atom. The monoisotopic (exact) mass is 403 g/mol. The molecule has 27 heavy (non-hydrogen) atoms. The van der Waals surface area contributed by atoms with Gasteiger partial charge in [0.05, 0.1) is 18.1 Å². The zero-order chi connectivity index (χ0) is 20.5. The molecule has 2 aliphatic heterocycles. The van der Waals surface area contributed by atoms with Gasteiger partial charge in [0, 0.05) is 37.2 Å². The number of thioether (sulfide) groups is 1. The maximum absolute atomic E-state index is 12.1. The smallest absolute Gasteiger partial charge is 0.321 e. The average molecular weight is 404 g/mol. The lowest BCUT2D eigenvalue weighted by atomic mass is 9.87. The molecule has 0 aliphatic carbocycles. The lowest BCUT2D eigenvalue weighted by Crippen LogP contribution is -2.47. The largest absolute Gasteiger partial charge is 0.481 e. The Balaban J connectivity index is 2.11. The second-order valence-electron chi connectivity index (χ2n) is 7.62. The number of rotatable bonds is 7. The van der Waals surface area contributed by atoms with Crippen LogP contribution in [0, 0.1) is 11.8 Å². The van der Waals surface area contributed by atoms with Crippen molar-refractivity contribution in [3.63, 3.8) is 0 Å². The third-order valence-electron chi connectivity index (χ3n) is 5.42. The van der Waals surface area contributed by atoms with Gasteiger partial charge < -0.3 is 25.5 Å². The maximum Gasteiger partial charge on any atom is 0.321 e. The molecule has 2 fully saturated rings. The molecule has 0 aromatic carbocycles. The Labute approximate surface area is 162 Å². The molecule has 0 aromatic heterocycles. The summed E-state index contributed by atoms with van der Waals surface area (Å²) < 4.78 is 0. The third kappa shape index (κ3) is 4.74. The molecule has 2 rings (SSSR count). The van der Waals surface area contributed by atoms with Gasteiger partial charge in [0.15, 0.2) is 0 Å². The summed E-state index contributed by atoms with van der Waals surface area (Å²) in [5.74, 6) is -3.55. The van der Waals surface area contributed by atoms with Crippen LogP contribution in [0.15, 0.2) is 0 Å². The standard InChI is InChI=1S/C17H29N3O6S/c1-7-12(11(8(2)21)16(23)24)19-13(17(25)26)14(7)27-9-5-10(18-6-9)15(22)20(3)4/h7-14,18-19,21H,5-6H2,1-4H3,(H,23,24)(H,25,26)/t7-,8-,9+,10+,11-,12-,13?,14+/m1/s1. The number of amides is 1. The molecule has 2 aliphatic rings. The fourth-order valence-corrected chi connectivity index (χ4v) is 5.71. The molecule has 2 saturated heterocycles. The van der Waals surface area contributed by atoms with Crippen molar-refractivity contribution in [3.05, 3.63) is 0 Å². The molecule has 0 spiro atoms. The van der Waals surface area contributed by atoms with Gasteiger partial charge in [0.1, 0.15) is 6.04 Å². The van der Waals surface area contributed by atoms with Gasteiger partial charge >= 0.3 is 11.9 Å². The summed E-state index contributed by atoms with van der Waals surface area (Å²) in [4.78, 5) is 37.0. The van der Waals surface area contributed by atoms with E-state index >= 15 is 0 Å². The molecule has 2 heterocycles. The number of carboxylic acid groups (broad SMARTS) is 2. The molecule has 5 N–H and O–H groups in total. The van der Waals surface area contributed by atoms with Crippen LogP contribution in [0.4, 0.5) is 0 Å². The van der Waals surface area contributed by atoms with Crippen molar-refractivity contribution in [2.75, 3.05) is 20.6 Å². The van der Waals surface area contributed by atoms with Crippen LogP contribution < -0.4 is 10.6 Å². The minimum Gasteiger partial charge on any atom is -0.481 e. The molecule has 0 radical (unpaired) electrons. The van der Waals surface area contributed by atoms with Crippen molar-refractivity contribution in [2.24, 2.45) is 11.8 Å². The summed E-state index contributed by atoms with van der Waals surface area (Å²) in [6, 6.07) is -1.83. The van der Waals surface area contributed by atoms with Gasteiger partial charge in [0.2, 0.25) is 5.91 Å². The van der Waals surface area contributed by atoms with E-state index < -0.39 is 36.0 Å². The van der Waals surface area contributed by atoms with Crippen molar-refractivity contribution >= 4 is 29.6 Å². The quantitative estimate of drug-likeness (QED) is 0.364. The highest BCUT2D eigenvalue weighted by Gasteiger charge is 2.51. The second-order valence-corrected chi connectivity index (χ2v) is 9.11. The molecule has 0 aromatic rings. The summed E-state index contributed by atoms with van der Waals surface area (Å²) in [5.41, 5.74) is 0. The first-order valence-corrected chi connectivity index (χ1v) is 9.98. The number of likely N-dealkylation sites (N-methyl/N-ethyl adjacent to an activating group) is 1. The lowest BCUT2D eigenvalue weighted by molar-refractivity contribution is -0.147. The van der Waals surface area contributed by atoms with E-state index in [1.807, 2.05) is 6.92 Å². The SMILES string of the molecule is C[C@@H]1[C@H]([C@H](C(=O)O)[C@@H](C)O)NC(C(=O)O)[C@H]1S[C@@H]1CN[C@H](C(=O)N(C)C)C1. The summed E-state index contributed by atoms with van der Waals surface area (Å²) in [6.07, 6.45) is -0.503. The van der Waals surface area contributed by atoms with Gasteiger partial charge in [-0.15, -0.1) is 0 Å². The van der Waals surface area contributed by atoms with E-state index in [1.165, 1.54) is 23.6 Å². The predicted octanol–water partition coefficient (Wildman–Crippen LogP) is -0.950. The Hall–Kier alpha value is -1.36. The number of aliphatic hydroxyl groups excluding tert-OH is 1. The second kappa shape index (κ2) is 8.76. The highest BCUT2D eigenvalue weighted by Crippen LogP contribution is 2.39. The summed E-state index contributed by atoms with van der Waals surface area (Å²) in [7, 11) is 3.39. The summed E-state index contributed by atoms with van der Waals surface area (Å²) >= 11 is 1.49. The van der Waals surface area contributed by atoms with Crippen LogP contribution in [0.3, 0.4) is 0 Å². The van der Waals surface area contributed by atoms with E-state index in [-0.39, 0.29) is 28.4 Å². The van der Waals surface area contributed by atoms with E-state index in [9.17, 15) is 29.7 Å². The number of carbonyl (C=O) groups excluding carboxylic acids is 1. The molecule has 1 unspecified atom stereocenters. The third-order valence-corrected chi connectivity index (χ3v) is 7.18. The van der Waals surface area contributed by atoms with Gasteiger partial charge in [0.25, 0.3) is 0 Å². The predicted molar refractivity (Wildman–Crippen MR) is 101 cm³/mol. The van der Waals surface area contributed by atoms with E-state index in [4.69, 9.17) is 0 Å². The fourth-order valence-electron chi connectivity index (χ4n) is 4.00. The molecular formula is C17H29N3O6S. The number of carbonyl (C=O) groups is 3. The van der Waals surface area contributed by atoms with Crippen molar-refractivity contribution < 1.29 is 29.7 Å². The molecule has 8 atom stereocenters. The Morgan fingerprint density at radius 3 is 2.33 bits per heavy atom. The average Bonchev–Trinajstić information content (AvgIpc) is 3.13. The van der Waals surface area contributed by atoms with Crippen LogP contribution in [0.5, 0.6) is 0 Å². The van der Waals surface area contributed by atoms with Gasteiger partial charge in [-0.25, -0.2) is 0 Å². The van der Waals surface area contributed by atoms with Gasteiger partial charge in [-0.2, -0.15) is 11.8 Å². The van der Waals surface area contributed by atoms with Gasteiger partial charge in [-0.1, -0.05) is 6.92 Å². The number of aliphatic hydroxyl groups is 1. The van der Waals surface area contributed by atoms with E-state index in [0.29, 0.717) is 13.0 Å². The minimum absolute atomic E-state index is 0.0107. The van der Waals surface area contributed by atoms with Gasteiger partial charge in [-0.3, -0.25) is 19.7 Å².